The van der Waals surface area contributed by atoms with Gasteiger partial charge in [0.2, 0.25) is 0 Å². The van der Waals surface area contributed by atoms with Crippen molar-refractivity contribution in [3.05, 3.63) is 58.7 Å². The molecule has 0 N–H and O–H groups in total. The van der Waals surface area contributed by atoms with E-state index in [4.69, 9.17) is 9.47 Å². The first kappa shape index (κ1) is 23.9. The van der Waals surface area contributed by atoms with Gasteiger partial charge < -0.3 is 10.9 Å². The zero-order valence-electron chi connectivity index (χ0n) is 18.6. The molecule has 0 saturated carbocycles. The number of rotatable bonds is 7. The molecule has 0 heterocycles. The van der Waals surface area contributed by atoms with E-state index in [-0.39, 0.29) is 39.8 Å². The molecule has 0 aliphatic heterocycles. The van der Waals surface area contributed by atoms with Crippen LogP contribution in [-0.2, 0) is 10.2 Å². The number of aryl methyl sites for hydroxylation is 2. The maximum atomic E-state index is 12.9. The summed E-state index contributed by atoms with van der Waals surface area (Å²) in [5.41, 5.74) is 4.52. The Labute approximate surface area is 178 Å². The van der Waals surface area contributed by atoms with Crippen molar-refractivity contribution in [1.29, 1.82) is 0 Å². The van der Waals surface area contributed by atoms with Gasteiger partial charge >= 0.3 is 18.9 Å². The molecule has 0 saturated heterocycles. The van der Waals surface area contributed by atoms with Gasteiger partial charge in [-0.25, -0.2) is 0 Å². The molecule has 27 heavy (non-hydrogen) atoms. The van der Waals surface area contributed by atoms with Crippen molar-refractivity contribution in [3.63, 3.8) is 0 Å². The summed E-state index contributed by atoms with van der Waals surface area (Å²) in [5, 5.41) is 1.02. The summed E-state index contributed by atoms with van der Waals surface area (Å²) in [6, 6.07) is 12.1. The molecule has 3 nitrogen and oxygen atoms in total. The van der Waals surface area contributed by atoms with Gasteiger partial charge in [0.15, 0.2) is 5.52 Å². The molecule has 5 heteroatoms. The van der Waals surface area contributed by atoms with Gasteiger partial charge in [-0.15, -0.1) is 0 Å². The SMILES string of the molecule is COCCOc1ccc(PC(=O)c2c(C)cc(C(C)(C)C)cc2C)cc1.[H-].[Li+]. The Balaban J connectivity index is 0.00000364. The standard InChI is InChI=1S/C22H29O3P.Li.H/c1-15-13-17(22(3,4)5)14-16(2)20(15)21(23)26-19-9-7-18(8-10-19)25-12-11-24-6;;/h7-10,13-14,26H,11-12H2,1-6H3;;/q;+1;-1. The van der Waals surface area contributed by atoms with Crippen molar-refractivity contribution in [2.45, 2.75) is 40.0 Å². The number of carbonyl (C=O) groups is 1. The van der Waals surface area contributed by atoms with Gasteiger partial charge in [0.25, 0.3) is 0 Å². The van der Waals surface area contributed by atoms with Crippen molar-refractivity contribution in [1.82, 2.24) is 0 Å². The Kier molecular flexibility index (Phi) is 9.26. The second kappa shape index (κ2) is 10.4. The van der Waals surface area contributed by atoms with Gasteiger partial charge in [-0.1, -0.05) is 45.0 Å². The van der Waals surface area contributed by atoms with E-state index in [0.717, 1.165) is 27.7 Å². The summed E-state index contributed by atoms with van der Waals surface area (Å²) < 4.78 is 10.5. The average Bonchev–Trinajstić information content (AvgIpc) is 2.55. The molecule has 0 radical (unpaired) electrons. The van der Waals surface area contributed by atoms with Gasteiger partial charge in [-0.05, 0) is 62.0 Å². The number of hydrogen-bond acceptors (Lipinski definition) is 3. The summed E-state index contributed by atoms with van der Waals surface area (Å²) in [7, 11) is 1.76. The van der Waals surface area contributed by atoms with E-state index >= 15 is 0 Å². The van der Waals surface area contributed by atoms with Crippen LogP contribution >= 0.6 is 8.58 Å². The van der Waals surface area contributed by atoms with Crippen LogP contribution in [0.1, 0.15) is 49.2 Å². The van der Waals surface area contributed by atoms with Gasteiger partial charge in [-0.3, -0.25) is 4.79 Å². The normalized spacial score (nSPS) is 11.5. The molecule has 0 aromatic heterocycles. The molecule has 2 aromatic rings. The number of ether oxygens (including phenoxy) is 2. The molecule has 0 fully saturated rings. The van der Waals surface area contributed by atoms with Crippen molar-refractivity contribution in [2.75, 3.05) is 20.3 Å². The zero-order chi connectivity index (χ0) is 19.3. The Morgan fingerprint density at radius 1 is 1.04 bits per heavy atom. The quantitative estimate of drug-likeness (QED) is 0.418. The van der Waals surface area contributed by atoms with E-state index in [1.54, 1.807) is 7.11 Å². The van der Waals surface area contributed by atoms with Crippen LogP contribution in [-0.4, -0.2) is 25.8 Å². The summed E-state index contributed by atoms with van der Waals surface area (Å²) in [6.45, 7) is 11.7. The monoisotopic (exact) mass is 380 g/mol. The van der Waals surface area contributed by atoms with Gasteiger partial charge in [0.05, 0.1) is 6.61 Å². The maximum Gasteiger partial charge on any atom is 1.00 e. The number of benzene rings is 2. The average molecular weight is 380 g/mol. The zero-order valence-corrected chi connectivity index (χ0v) is 18.6. The van der Waals surface area contributed by atoms with Crippen molar-refractivity contribution in [2.24, 2.45) is 0 Å². The molecular formula is C22H30LiO3P. The molecule has 0 bridgehead atoms. The third kappa shape index (κ3) is 6.77. The smallest absolute Gasteiger partial charge is 1.00 e. The molecule has 0 amide bonds. The van der Waals surface area contributed by atoms with Gasteiger partial charge in [0.1, 0.15) is 12.4 Å². The van der Waals surface area contributed by atoms with Crippen LogP contribution in [0.15, 0.2) is 36.4 Å². The van der Waals surface area contributed by atoms with Crippen LogP contribution < -0.4 is 28.9 Å². The van der Waals surface area contributed by atoms with Crippen LogP contribution in [0, 0.1) is 13.8 Å². The Morgan fingerprint density at radius 2 is 1.59 bits per heavy atom. The topological polar surface area (TPSA) is 35.5 Å². The molecule has 0 aliphatic carbocycles. The van der Waals surface area contributed by atoms with E-state index in [1.165, 1.54) is 5.56 Å². The summed E-state index contributed by atoms with van der Waals surface area (Å²) >= 11 is 0. The van der Waals surface area contributed by atoms with Crippen molar-refractivity contribution < 1.29 is 34.6 Å². The van der Waals surface area contributed by atoms with Crippen LogP contribution in [0.25, 0.3) is 0 Å². The maximum absolute atomic E-state index is 12.9. The minimum absolute atomic E-state index is 0. The predicted octanol–water partition coefficient (Wildman–Crippen LogP) is 1.89. The van der Waals surface area contributed by atoms with Crippen LogP contribution in [0.5, 0.6) is 5.75 Å². The van der Waals surface area contributed by atoms with Crippen molar-refractivity contribution in [3.8, 4) is 5.75 Å². The minimum atomic E-state index is 0. The van der Waals surface area contributed by atoms with E-state index < -0.39 is 0 Å². The fourth-order valence-electron chi connectivity index (χ4n) is 2.83. The molecule has 142 valence electrons. The number of hydrogen-bond donors (Lipinski definition) is 0. The van der Waals surface area contributed by atoms with E-state index in [0.29, 0.717) is 13.2 Å². The second-order valence-corrected chi connectivity index (χ2v) is 8.84. The third-order valence-corrected chi connectivity index (χ3v) is 5.39. The second-order valence-electron chi connectivity index (χ2n) is 7.55. The van der Waals surface area contributed by atoms with Crippen LogP contribution in [0.2, 0.25) is 0 Å². The summed E-state index contributed by atoms with van der Waals surface area (Å²) in [6.07, 6.45) is 0. The number of methoxy groups -OCH3 is 1. The predicted molar refractivity (Wildman–Crippen MR) is 112 cm³/mol. The molecule has 2 rings (SSSR count). The fraction of sp³-hybridized carbons (Fsp3) is 0.409. The first-order valence-electron chi connectivity index (χ1n) is 8.87. The van der Waals surface area contributed by atoms with E-state index in [2.05, 4.69) is 32.9 Å². The molecule has 0 aliphatic rings. The Hall–Kier alpha value is -1.10. The molecule has 2 aromatic carbocycles. The fourth-order valence-corrected chi connectivity index (χ4v) is 3.94. The molecular weight excluding hydrogens is 350 g/mol. The Morgan fingerprint density at radius 3 is 2.07 bits per heavy atom. The Bertz CT molecular complexity index is 747. The molecule has 1 unspecified atom stereocenters. The largest absolute Gasteiger partial charge is 1.00 e. The number of carbonyl (C=O) groups excluding carboxylic acids is 1. The van der Waals surface area contributed by atoms with Crippen molar-refractivity contribution >= 4 is 19.4 Å². The van der Waals surface area contributed by atoms with Crippen LogP contribution in [0.4, 0.5) is 0 Å². The van der Waals surface area contributed by atoms with Gasteiger partial charge in [0, 0.05) is 12.7 Å². The summed E-state index contributed by atoms with van der Waals surface area (Å²) in [4.78, 5) is 12.9. The van der Waals surface area contributed by atoms with Gasteiger partial charge in [-0.2, -0.15) is 0 Å². The van der Waals surface area contributed by atoms with Crippen LogP contribution in [0.3, 0.4) is 0 Å². The first-order chi connectivity index (χ1) is 12.2. The van der Waals surface area contributed by atoms with E-state index in [1.807, 2.05) is 38.1 Å². The summed E-state index contributed by atoms with van der Waals surface area (Å²) in [5.74, 6) is 0.796. The first-order valence-corrected chi connectivity index (χ1v) is 9.87. The third-order valence-electron chi connectivity index (χ3n) is 4.29. The van der Waals surface area contributed by atoms with E-state index in [9.17, 15) is 4.79 Å². The molecule has 1 atom stereocenters. The minimum Gasteiger partial charge on any atom is -1.00 e. The molecule has 0 spiro atoms.